The zero-order valence-electron chi connectivity index (χ0n) is 10.9. The van der Waals surface area contributed by atoms with Crippen LogP contribution in [0.5, 0.6) is 0 Å². The summed E-state index contributed by atoms with van der Waals surface area (Å²) >= 11 is 17.9. The predicted octanol–water partition coefficient (Wildman–Crippen LogP) is 6.13. The second-order valence-corrected chi connectivity index (χ2v) is 5.58. The van der Waals surface area contributed by atoms with Crippen LogP contribution in [0.25, 0.3) is 0 Å². The van der Waals surface area contributed by atoms with Crippen molar-refractivity contribution in [1.29, 1.82) is 0 Å². The van der Waals surface area contributed by atoms with E-state index in [9.17, 15) is 0 Å². The van der Waals surface area contributed by atoms with E-state index in [-0.39, 0.29) is 0 Å². The molecule has 0 aliphatic heterocycles. The number of anilines is 1. The molecule has 0 saturated carbocycles. The summed E-state index contributed by atoms with van der Waals surface area (Å²) in [6.45, 7) is 0. The van der Waals surface area contributed by atoms with E-state index in [2.05, 4.69) is 10.2 Å². The van der Waals surface area contributed by atoms with Crippen LogP contribution < -0.4 is 4.90 Å². The number of nitrogens with zero attached hydrogens (tertiary/aromatic N) is 3. The van der Waals surface area contributed by atoms with Crippen molar-refractivity contribution in [1.82, 2.24) is 0 Å². The minimum atomic E-state index is 0.371. The van der Waals surface area contributed by atoms with Crippen LogP contribution in [0.2, 0.25) is 15.1 Å². The van der Waals surface area contributed by atoms with Crippen LogP contribution in [0.15, 0.2) is 46.6 Å². The molecule has 2 aromatic rings. The van der Waals surface area contributed by atoms with Gasteiger partial charge < -0.3 is 4.90 Å². The van der Waals surface area contributed by atoms with Gasteiger partial charge in [-0.2, -0.15) is 5.11 Å². The van der Waals surface area contributed by atoms with Gasteiger partial charge in [0.15, 0.2) is 0 Å². The molecule has 0 amide bonds. The fourth-order valence-corrected chi connectivity index (χ4v) is 2.45. The second kappa shape index (κ2) is 6.44. The summed E-state index contributed by atoms with van der Waals surface area (Å²) in [7, 11) is 3.95. The lowest BCUT2D eigenvalue weighted by atomic mass is 10.3. The van der Waals surface area contributed by atoms with E-state index in [4.69, 9.17) is 34.8 Å². The molecule has 0 bridgehead atoms. The highest BCUT2D eigenvalue weighted by Crippen LogP contribution is 2.36. The Morgan fingerprint density at radius 1 is 0.850 bits per heavy atom. The van der Waals surface area contributed by atoms with Gasteiger partial charge in [0.25, 0.3) is 0 Å². The molecular formula is C14H12Cl3N3. The number of azo groups is 1. The highest BCUT2D eigenvalue weighted by molar-refractivity contribution is 6.41. The molecule has 0 spiro atoms. The molecule has 0 heterocycles. The smallest absolute Gasteiger partial charge is 0.123 e. The van der Waals surface area contributed by atoms with Gasteiger partial charge in [0.1, 0.15) is 5.69 Å². The van der Waals surface area contributed by atoms with Crippen molar-refractivity contribution in [2.24, 2.45) is 10.2 Å². The lowest BCUT2D eigenvalue weighted by molar-refractivity contribution is 1.13. The summed E-state index contributed by atoms with van der Waals surface area (Å²) in [5, 5.41) is 9.41. The third-order valence-corrected chi connectivity index (χ3v) is 3.41. The van der Waals surface area contributed by atoms with Crippen molar-refractivity contribution < 1.29 is 0 Å². The summed E-state index contributed by atoms with van der Waals surface area (Å²) < 4.78 is 0. The molecule has 0 aromatic heterocycles. The maximum atomic E-state index is 6.04. The average molecular weight is 329 g/mol. The first-order valence-electron chi connectivity index (χ1n) is 5.81. The van der Waals surface area contributed by atoms with E-state index in [1.54, 1.807) is 12.1 Å². The topological polar surface area (TPSA) is 28.0 Å². The molecule has 104 valence electrons. The SMILES string of the molecule is CN(C)c1ccc(N=Nc2c(Cl)cc(Cl)cc2Cl)cc1. The summed E-state index contributed by atoms with van der Waals surface area (Å²) in [5.41, 5.74) is 2.22. The van der Waals surface area contributed by atoms with E-state index in [1.165, 1.54) is 0 Å². The van der Waals surface area contributed by atoms with Crippen LogP contribution in [0, 0.1) is 0 Å². The number of rotatable bonds is 3. The molecule has 3 nitrogen and oxygen atoms in total. The molecule has 20 heavy (non-hydrogen) atoms. The first-order chi connectivity index (χ1) is 9.47. The fraction of sp³-hybridized carbons (Fsp3) is 0.143. The Balaban J connectivity index is 2.25. The Kier molecular flexibility index (Phi) is 4.86. The van der Waals surface area contributed by atoms with Crippen LogP contribution >= 0.6 is 34.8 Å². The van der Waals surface area contributed by atoms with Gasteiger partial charge in [0.2, 0.25) is 0 Å². The van der Waals surface area contributed by atoms with Crippen molar-refractivity contribution in [2.75, 3.05) is 19.0 Å². The average Bonchev–Trinajstić information content (AvgIpc) is 2.38. The van der Waals surface area contributed by atoms with Gasteiger partial charge in [-0.15, -0.1) is 5.11 Å². The standard InChI is InChI=1S/C14H12Cl3N3/c1-20(2)11-5-3-10(4-6-11)18-19-14-12(16)7-9(15)8-13(14)17/h3-8H,1-2H3. The zero-order valence-corrected chi connectivity index (χ0v) is 13.2. The van der Waals surface area contributed by atoms with Gasteiger partial charge in [0.05, 0.1) is 15.7 Å². The summed E-state index contributed by atoms with van der Waals surface area (Å²) in [6.07, 6.45) is 0. The third-order valence-electron chi connectivity index (χ3n) is 2.61. The van der Waals surface area contributed by atoms with Gasteiger partial charge in [-0.3, -0.25) is 0 Å². The molecule has 0 saturated heterocycles. The number of hydrogen-bond donors (Lipinski definition) is 0. The normalized spacial score (nSPS) is 11.1. The molecule has 0 atom stereocenters. The van der Waals surface area contributed by atoms with Crippen molar-refractivity contribution in [3.8, 4) is 0 Å². The molecule has 0 N–H and O–H groups in total. The van der Waals surface area contributed by atoms with Crippen LogP contribution in [-0.4, -0.2) is 14.1 Å². The van der Waals surface area contributed by atoms with Gasteiger partial charge in [0, 0.05) is 24.8 Å². The van der Waals surface area contributed by atoms with Crippen molar-refractivity contribution in [3.63, 3.8) is 0 Å². The monoisotopic (exact) mass is 327 g/mol. The van der Waals surface area contributed by atoms with Gasteiger partial charge in [-0.05, 0) is 36.4 Å². The molecule has 0 aliphatic carbocycles. The molecule has 0 fully saturated rings. The first-order valence-corrected chi connectivity index (χ1v) is 6.94. The minimum Gasteiger partial charge on any atom is -0.378 e. The molecular weight excluding hydrogens is 317 g/mol. The molecule has 0 aliphatic rings. The van der Waals surface area contributed by atoms with Gasteiger partial charge in [-0.25, -0.2) is 0 Å². The Hall–Kier alpha value is -1.29. The molecule has 6 heteroatoms. The van der Waals surface area contributed by atoms with E-state index in [0.29, 0.717) is 20.8 Å². The first kappa shape index (κ1) is 15.1. The summed E-state index contributed by atoms with van der Waals surface area (Å²) in [4.78, 5) is 2.01. The van der Waals surface area contributed by atoms with Crippen molar-refractivity contribution in [2.45, 2.75) is 0 Å². The lowest BCUT2D eigenvalue weighted by Gasteiger charge is -2.11. The van der Waals surface area contributed by atoms with Crippen molar-refractivity contribution in [3.05, 3.63) is 51.5 Å². The number of halogens is 3. The summed E-state index contributed by atoms with van der Waals surface area (Å²) in [5.74, 6) is 0. The molecule has 2 rings (SSSR count). The highest BCUT2D eigenvalue weighted by atomic mass is 35.5. The van der Waals surface area contributed by atoms with Crippen LogP contribution in [0.3, 0.4) is 0 Å². The quantitative estimate of drug-likeness (QED) is 0.623. The van der Waals surface area contributed by atoms with Crippen LogP contribution in [-0.2, 0) is 0 Å². The van der Waals surface area contributed by atoms with Crippen LogP contribution in [0.4, 0.5) is 17.1 Å². The third kappa shape index (κ3) is 3.63. The molecule has 2 aromatic carbocycles. The van der Waals surface area contributed by atoms with Gasteiger partial charge in [-0.1, -0.05) is 34.8 Å². The van der Waals surface area contributed by atoms with Gasteiger partial charge >= 0.3 is 0 Å². The van der Waals surface area contributed by atoms with E-state index in [0.717, 1.165) is 11.4 Å². The van der Waals surface area contributed by atoms with E-state index in [1.807, 2.05) is 43.3 Å². The fourth-order valence-electron chi connectivity index (χ4n) is 1.56. The lowest BCUT2D eigenvalue weighted by Crippen LogP contribution is -2.07. The minimum absolute atomic E-state index is 0.371. The summed E-state index contributed by atoms with van der Waals surface area (Å²) in [6, 6.07) is 10.8. The predicted molar refractivity (Wildman–Crippen MR) is 86.4 cm³/mol. The Bertz CT molecular complexity index is 614. The molecule has 0 unspecified atom stereocenters. The Morgan fingerprint density at radius 2 is 1.40 bits per heavy atom. The zero-order chi connectivity index (χ0) is 14.7. The van der Waals surface area contributed by atoms with E-state index >= 15 is 0 Å². The number of hydrogen-bond acceptors (Lipinski definition) is 3. The highest BCUT2D eigenvalue weighted by Gasteiger charge is 2.07. The van der Waals surface area contributed by atoms with E-state index < -0.39 is 0 Å². The molecule has 0 radical (unpaired) electrons. The van der Waals surface area contributed by atoms with Crippen LogP contribution in [0.1, 0.15) is 0 Å². The van der Waals surface area contributed by atoms with Crippen molar-refractivity contribution >= 4 is 51.9 Å². The second-order valence-electron chi connectivity index (χ2n) is 4.33. The maximum Gasteiger partial charge on any atom is 0.123 e. The maximum absolute atomic E-state index is 6.04. The number of benzene rings is 2. The Morgan fingerprint density at radius 3 is 1.90 bits per heavy atom. The Labute approximate surface area is 132 Å². The largest absolute Gasteiger partial charge is 0.378 e.